The molecule has 0 atom stereocenters. The predicted molar refractivity (Wildman–Crippen MR) is 110 cm³/mol. The van der Waals surface area contributed by atoms with Gasteiger partial charge in [0.25, 0.3) is 0 Å². The molecule has 0 bridgehead atoms. The van der Waals surface area contributed by atoms with E-state index in [9.17, 15) is 0 Å². The van der Waals surface area contributed by atoms with Gasteiger partial charge in [-0.25, -0.2) is 9.97 Å². The number of halogens is 1. The van der Waals surface area contributed by atoms with Gasteiger partial charge in [0.2, 0.25) is 0 Å². The summed E-state index contributed by atoms with van der Waals surface area (Å²) in [7, 11) is 0. The second-order valence-electron chi connectivity index (χ2n) is 6.84. The molecule has 1 N–H and O–H groups in total. The average molecular weight is 412 g/mol. The van der Waals surface area contributed by atoms with E-state index in [2.05, 4.69) is 59.3 Å². The largest absolute Gasteiger partial charge is 0.382 e. The van der Waals surface area contributed by atoms with E-state index in [1.165, 1.54) is 0 Å². The molecule has 0 saturated carbocycles. The monoisotopic (exact) mass is 411 g/mol. The summed E-state index contributed by atoms with van der Waals surface area (Å²) in [5.41, 5.74) is 3.20. The maximum absolute atomic E-state index is 4.60. The molecule has 3 heterocycles. The smallest absolute Gasteiger partial charge is 0.132 e. The number of benzene rings is 1. The summed E-state index contributed by atoms with van der Waals surface area (Å²) < 4.78 is 1.07. The first kappa shape index (κ1) is 17.2. The highest BCUT2D eigenvalue weighted by Gasteiger charge is 2.21. The van der Waals surface area contributed by atoms with Crippen molar-refractivity contribution in [2.24, 2.45) is 0 Å². The molecule has 1 fully saturated rings. The lowest BCUT2D eigenvalue weighted by atomic mass is 10.0. The lowest BCUT2D eigenvalue weighted by molar-refractivity contribution is 0.523. The van der Waals surface area contributed by atoms with Gasteiger partial charge < -0.3 is 10.2 Å². The van der Waals surface area contributed by atoms with E-state index >= 15 is 0 Å². The molecule has 1 aliphatic rings. The molecule has 0 radical (unpaired) electrons. The predicted octanol–water partition coefficient (Wildman–Crippen LogP) is 4.49. The van der Waals surface area contributed by atoms with Crippen molar-refractivity contribution in [1.29, 1.82) is 0 Å². The summed E-state index contributed by atoms with van der Waals surface area (Å²) >= 11 is 3.56. The minimum Gasteiger partial charge on any atom is -0.382 e. The van der Waals surface area contributed by atoms with Crippen molar-refractivity contribution in [2.45, 2.75) is 32.7 Å². The van der Waals surface area contributed by atoms with Crippen LogP contribution in [0.2, 0.25) is 0 Å². The normalized spacial score (nSPS) is 15.4. The van der Waals surface area contributed by atoms with Gasteiger partial charge in [-0.1, -0.05) is 15.9 Å². The molecule has 5 nitrogen and oxygen atoms in total. The Hall–Kier alpha value is -2.21. The number of hydrogen-bond acceptors (Lipinski definition) is 5. The summed E-state index contributed by atoms with van der Waals surface area (Å²) in [6.45, 7) is 5.98. The second kappa shape index (κ2) is 7.19. The third-order valence-electron chi connectivity index (χ3n) is 4.83. The van der Waals surface area contributed by atoms with Crippen LogP contribution in [0, 0.1) is 13.8 Å². The fraction of sp³-hybridized carbons (Fsp3) is 0.350. The van der Waals surface area contributed by atoms with Gasteiger partial charge in [-0.3, -0.25) is 4.98 Å². The van der Waals surface area contributed by atoms with E-state index in [1.807, 2.05) is 32.2 Å². The second-order valence-corrected chi connectivity index (χ2v) is 7.76. The van der Waals surface area contributed by atoms with Crippen LogP contribution in [-0.2, 0) is 0 Å². The minimum absolute atomic E-state index is 0.458. The number of pyridine rings is 1. The first-order valence-electron chi connectivity index (χ1n) is 8.96. The molecule has 6 heteroatoms. The summed E-state index contributed by atoms with van der Waals surface area (Å²) in [6.07, 6.45) is 4.04. The third-order valence-corrected chi connectivity index (χ3v) is 5.33. The van der Waals surface area contributed by atoms with E-state index in [0.29, 0.717) is 6.04 Å². The number of hydrogen-bond donors (Lipinski definition) is 1. The number of nitrogens with one attached hydrogen (secondary N) is 1. The van der Waals surface area contributed by atoms with E-state index in [-0.39, 0.29) is 0 Å². The topological polar surface area (TPSA) is 53.9 Å². The van der Waals surface area contributed by atoms with Gasteiger partial charge in [-0.15, -0.1) is 0 Å². The number of nitrogens with zero attached hydrogens (tertiary/aromatic N) is 4. The maximum atomic E-state index is 4.60. The number of rotatable bonds is 3. The molecule has 0 aliphatic carbocycles. The SMILES string of the molecule is Cc1cc(N2CCC(Nc3ccnc4ccc(Br)cc34)CC2)nc(C)n1. The lowest BCUT2D eigenvalue weighted by Gasteiger charge is -2.34. The number of anilines is 2. The average Bonchev–Trinajstić information content (AvgIpc) is 2.62. The summed E-state index contributed by atoms with van der Waals surface area (Å²) in [5.74, 6) is 1.89. The van der Waals surface area contributed by atoms with Crippen LogP contribution in [0.25, 0.3) is 10.9 Å². The van der Waals surface area contributed by atoms with Crippen LogP contribution in [0.4, 0.5) is 11.5 Å². The van der Waals surface area contributed by atoms with E-state index in [4.69, 9.17) is 0 Å². The highest BCUT2D eigenvalue weighted by Crippen LogP contribution is 2.27. The molecule has 2 aromatic heterocycles. The van der Waals surface area contributed by atoms with Crippen molar-refractivity contribution in [3.63, 3.8) is 0 Å². The molecule has 0 unspecified atom stereocenters. The number of aryl methyl sites for hydroxylation is 2. The van der Waals surface area contributed by atoms with Gasteiger partial charge >= 0.3 is 0 Å². The fourth-order valence-corrected chi connectivity index (χ4v) is 3.94. The highest BCUT2D eigenvalue weighted by atomic mass is 79.9. The van der Waals surface area contributed by atoms with Gasteiger partial charge in [-0.05, 0) is 51.0 Å². The van der Waals surface area contributed by atoms with Crippen molar-refractivity contribution < 1.29 is 0 Å². The van der Waals surface area contributed by atoms with Crippen LogP contribution < -0.4 is 10.2 Å². The van der Waals surface area contributed by atoms with Gasteiger partial charge in [-0.2, -0.15) is 0 Å². The van der Waals surface area contributed by atoms with Crippen molar-refractivity contribution in [2.75, 3.05) is 23.3 Å². The zero-order chi connectivity index (χ0) is 18.1. The molecular formula is C20H22BrN5. The Balaban J connectivity index is 1.47. The Morgan fingerprint density at radius 3 is 2.65 bits per heavy atom. The Bertz CT molecular complexity index is 914. The quantitative estimate of drug-likeness (QED) is 0.687. The number of aromatic nitrogens is 3. The molecule has 0 spiro atoms. The van der Waals surface area contributed by atoms with E-state index in [1.54, 1.807) is 0 Å². The zero-order valence-electron chi connectivity index (χ0n) is 15.0. The molecule has 1 aromatic carbocycles. The maximum Gasteiger partial charge on any atom is 0.132 e. The first-order valence-corrected chi connectivity index (χ1v) is 9.76. The molecule has 3 aromatic rings. The van der Waals surface area contributed by atoms with Crippen molar-refractivity contribution >= 4 is 38.3 Å². The standard InChI is InChI=1S/C20H22BrN5/c1-13-11-20(24-14(2)23-13)26-9-6-16(7-10-26)25-19-5-8-22-18-4-3-15(21)12-17(18)19/h3-5,8,11-12,16H,6-7,9-10H2,1-2H3,(H,22,25). The Labute approximate surface area is 162 Å². The van der Waals surface area contributed by atoms with Crippen LogP contribution in [0.3, 0.4) is 0 Å². The van der Waals surface area contributed by atoms with Crippen LogP contribution in [0.5, 0.6) is 0 Å². The Kier molecular flexibility index (Phi) is 4.76. The van der Waals surface area contributed by atoms with Crippen LogP contribution in [0.15, 0.2) is 41.0 Å². The van der Waals surface area contributed by atoms with Crippen molar-refractivity contribution in [1.82, 2.24) is 15.0 Å². The van der Waals surface area contributed by atoms with Crippen molar-refractivity contribution in [3.8, 4) is 0 Å². The Morgan fingerprint density at radius 1 is 1.08 bits per heavy atom. The zero-order valence-corrected chi connectivity index (χ0v) is 16.6. The highest BCUT2D eigenvalue weighted by molar-refractivity contribution is 9.10. The molecule has 134 valence electrons. The minimum atomic E-state index is 0.458. The molecule has 0 amide bonds. The Morgan fingerprint density at radius 2 is 1.88 bits per heavy atom. The molecule has 26 heavy (non-hydrogen) atoms. The summed E-state index contributed by atoms with van der Waals surface area (Å²) in [4.78, 5) is 15.8. The van der Waals surface area contributed by atoms with Crippen molar-refractivity contribution in [3.05, 3.63) is 52.5 Å². The lowest BCUT2D eigenvalue weighted by Crippen LogP contribution is -2.39. The van der Waals surface area contributed by atoms with Crippen LogP contribution in [-0.4, -0.2) is 34.1 Å². The van der Waals surface area contributed by atoms with Gasteiger partial charge in [0.15, 0.2) is 0 Å². The fourth-order valence-electron chi connectivity index (χ4n) is 3.58. The molecule has 4 rings (SSSR count). The van der Waals surface area contributed by atoms with E-state index in [0.717, 1.165) is 64.3 Å². The molecule has 1 saturated heterocycles. The summed E-state index contributed by atoms with van der Waals surface area (Å²) in [6, 6.07) is 10.8. The van der Waals surface area contributed by atoms with Gasteiger partial charge in [0, 0.05) is 52.6 Å². The number of piperidine rings is 1. The summed E-state index contributed by atoms with van der Waals surface area (Å²) in [5, 5.41) is 4.88. The number of fused-ring (bicyclic) bond motifs is 1. The van der Waals surface area contributed by atoms with Gasteiger partial charge in [0.1, 0.15) is 11.6 Å². The van der Waals surface area contributed by atoms with Gasteiger partial charge in [0.05, 0.1) is 5.52 Å². The first-order chi connectivity index (χ1) is 12.6. The molecular weight excluding hydrogens is 390 g/mol. The third kappa shape index (κ3) is 3.65. The van der Waals surface area contributed by atoms with Crippen LogP contribution in [0.1, 0.15) is 24.4 Å². The van der Waals surface area contributed by atoms with E-state index < -0.39 is 0 Å². The molecule has 1 aliphatic heterocycles. The van der Waals surface area contributed by atoms with Crippen LogP contribution >= 0.6 is 15.9 Å².